The predicted molar refractivity (Wildman–Crippen MR) is 110 cm³/mol. The number of alkyl halides is 3. The first kappa shape index (κ1) is 21.2. The van der Waals surface area contributed by atoms with Crippen LogP contribution in [-0.2, 0) is 0 Å². The van der Waals surface area contributed by atoms with E-state index in [2.05, 4.69) is 15.7 Å². The van der Waals surface area contributed by atoms with E-state index in [1.165, 1.54) is 37.4 Å². The van der Waals surface area contributed by atoms with Gasteiger partial charge in [0.05, 0.1) is 24.8 Å². The van der Waals surface area contributed by atoms with Crippen LogP contribution in [0.1, 0.15) is 40.1 Å². The average molecular weight is 441 g/mol. The molecule has 0 unspecified atom stereocenters. The highest BCUT2D eigenvalue weighted by molar-refractivity contribution is 6.03. The molecule has 2 atom stereocenters. The Kier molecular flexibility index (Phi) is 5.48. The molecule has 2 N–H and O–H groups in total. The summed E-state index contributed by atoms with van der Waals surface area (Å²) in [5, 5.41) is 18.4. The Morgan fingerprint density at radius 1 is 1.22 bits per heavy atom. The third-order valence-corrected chi connectivity index (χ3v) is 5.21. The lowest BCUT2D eigenvalue weighted by Gasteiger charge is -2.33. The monoisotopic (exact) mass is 441 g/mol. The molecule has 0 fully saturated rings. The van der Waals surface area contributed by atoms with Crippen LogP contribution in [0.4, 0.5) is 24.7 Å². The minimum Gasteiger partial charge on any atom is -0.497 e. The summed E-state index contributed by atoms with van der Waals surface area (Å²) in [5.74, 6) is 0.0495. The standard InChI is InChI=1S/C22H18F3N5O2/c1-32-16-8-4-14(5-9-16)17-10-19(22(23,24)25)30-20(28-17)11-18(29-30)21(31)27-15-6-2-13(12-26)3-7-15/h2-9,11,17,19,28H,10H2,1H3,(H,27,31)/t17-,19-/m0/s1. The van der Waals surface area contributed by atoms with Crippen molar-refractivity contribution in [1.29, 1.82) is 5.26 Å². The first-order valence-corrected chi connectivity index (χ1v) is 9.67. The molecule has 4 rings (SSSR count). The molecule has 0 saturated carbocycles. The number of carbonyl (C=O) groups is 1. The van der Waals surface area contributed by atoms with Gasteiger partial charge in [0, 0.05) is 18.2 Å². The zero-order valence-corrected chi connectivity index (χ0v) is 16.8. The maximum Gasteiger partial charge on any atom is 0.410 e. The molecule has 1 aromatic heterocycles. The number of anilines is 2. The Morgan fingerprint density at radius 2 is 1.91 bits per heavy atom. The number of nitrogens with one attached hydrogen (secondary N) is 2. The van der Waals surface area contributed by atoms with Crippen molar-refractivity contribution in [3.8, 4) is 11.8 Å². The Bertz CT molecular complexity index is 1160. The molecule has 0 spiro atoms. The van der Waals surface area contributed by atoms with E-state index in [0.29, 0.717) is 22.6 Å². The van der Waals surface area contributed by atoms with E-state index in [-0.39, 0.29) is 17.9 Å². The molecule has 0 bridgehead atoms. The zero-order chi connectivity index (χ0) is 22.9. The normalized spacial score (nSPS) is 17.6. The Balaban J connectivity index is 1.61. The fourth-order valence-electron chi connectivity index (χ4n) is 3.56. The van der Waals surface area contributed by atoms with Crippen LogP contribution in [0.2, 0.25) is 0 Å². The van der Waals surface area contributed by atoms with Crippen molar-refractivity contribution in [2.24, 2.45) is 0 Å². The molecule has 32 heavy (non-hydrogen) atoms. The van der Waals surface area contributed by atoms with E-state index in [9.17, 15) is 18.0 Å². The van der Waals surface area contributed by atoms with Gasteiger partial charge < -0.3 is 15.4 Å². The van der Waals surface area contributed by atoms with Gasteiger partial charge in [0.2, 0.25) is 0 Å². The minimum atomic E-state index is -4.55. The van der Waals surface area contributed by atoms with Crippen molar-refractivity contribution in [1.82, 2.24) is 9.78 Å². The molecule has 3 aromatic rings. The molecule has 1 aliphatic rings. The number of carbonyl (C=O) groups excluding carboxylic acids is 1. The van der Waals surface area contributed by atoms with Crippen molar-refractivity contribution in [3.63, 3.8) is 0 Å². The largest absolute Gasteiger partial charge is 0.497 e. The van der Waals surface area contributed by atoms with Gasteiger partial charge in [0.15, 0.2) is 11.7 Å². The highest BCUT2D eigenvalue weighted by atomic mass is 19.4. The molecule has 2 aromatic carbocycles. The Hall–Kier alpha value is -4.00. The van der Waals surface area contributed by atoms with E-state index in [0.717, 1.165) is 4.68 Å². The van der Waals surface area contributed by atoms with Gasteiger partial charge in [-0.25, -0.2) is 4.68 Å². The number of hydrogen-bond donors (Lipinski definition) is 2. The van der Waals surface area contributed by atoms with Crippen molar-refractivity contribution in [2.45, 2.75) is 24.7 Å². The van der Waals surface area contributed by atoms with Gasteiger partial charge in [-0.15, -0.1) is 0 Å². The van der Waals surface area contributed by atoms with Crippen LogP contribution in [0.25, 0.3) is 0 Å². The second-order valence-corrected chi connectivity index (χ2v) is 7.27. The summed E-state index contributed by atoms with van der Waals surface area (Å²) in [6.07, 6.45) is -4.82. The number of nitrogens with zero attached hydrogens (tertiary/aromatic N) is 3. The van der Waals surface area contributed by atoms with Gasteiger partial charge in [-0.05, 0) is 42.0 Å². The molecule has 1 aliphatic heterocycles. The Morgan fingerprint density at radius 3 is 2.50 bits per heavy atom. The minimum absolute atomic E-state index is 0.101. The van der Waals surface area contributed by atoms with E-state index in [4.69, 9.17) is 10.00 Å². The number of methoxy groups -OCH3 is 1. The summed E-state index contributed by atoms with van der Waals surface area (Å²) in [6, 6.07) is 13.6. The van der Waals surface area contributed by atoms with Crippen molar-refractivity contribution in [3.05, 3.63) is 71.4 Å². The maximum absolute atomic E-state index is 13.8. The lowest BCUT2D eigenvalue weighted by Crippen LogP contribution is -2.35. The van der Waals surface area contributed by atoms with Crippen LogP contribution in [0, 0.1) is 11.3 Å². The van der Waals surface area contributed by atoms with E-state index in [1.807, 2.05) is 6.07 Å². The maximum atomic E-state index is 13.8. The molecule has 1 amide bonds. The summed E-state index contributed by atoms with van der Waals surface area (Å²) in [4.78, 5) is 12.6. The fraction of sp³-hybridized carbons (Fsp3) is 0.227. The molecule has 0 aliphatic carbocycles. The highest BCUT2D eigenvalue weighted by Gasteiger charge is 2.46. The van der Waals surface area contributed by atoms with E-state index < -0.39 is 24.2 Å². The number of ether oxygens (including phenoxy) is 1. The second kappa shape index (κ2) is 8.26. The van der Waals surface area contributed by atoms with Crippen molar-refractivity contribution >= 4 is 17.4 Å². The lowest BCUT2D eigenvalue weighted by atomic mass is 9.97. The van der Waals surface area contributed by atoms with E-state index in [1.54, 1.807) is 24.3 Å². The van der Waals surface area contributed by atoms with Gasteiger partial charge >= 0.3 is 6.18 Å². The number of benzene rings is 2. The Labute approximate surface area is 181 Å². The van der Waals surface area contributed by atoms with Gasteiger partial charge in [-0.1, -0.05) is 12.1 Å². The fourth-order valence-corrected chi connectivity index (χ4v) is 3.56. The van der Waals surface area contributed by atoms with Crippen LogP contribution in [-0.4, -0.2) is 29.0 Å². The molecule has 0 radical (unpaired) electrons. The van der Waals surface area contributed by atoms with Crippen LogP contribution < -0.4 is 15.4 Å². The number of halogens is 3. The lowest BCUT2D eigenvalue weighted by molar-refractivity contribution is -0.173. The molecular weight excluding hydrogens is 423 g/mol. The van der Waals surface area contributed by atoms with Gasteiger partial charge in [-0.2, -0.15) is 23.5 Å². The van der Waals surface area contributed by atoms with Crippen LogP contribution in [0.3, 0.4) is 0 Å². The molecule has 7 nitrogen and oxygen atoms in total. The first-order valence-electron chi connectivity index (χ1n) is 9.67. The van der Waals surface area contributed by atoms with Crippen LogP contribution >= 0.6 is 0 Å². The van der Waals surface area contributed by atoms with E-state index >= 15 is 0 Å². The highest BCUT2D eigenvalue weighted by Crippen LogP contribution is 2.43. The van der Waals surface area contributed by atoms with Gasteiger partial charge in [0.1, 0.15) is 11.6 Å². The third kappa shape index (κ3) is 4.23. The van der Waals surface area contributed by atoms with Crippen LogP contribution in [0.5, 0.6) is 5.75 Å². The predicted octanol–water partition coefficient (Wildman–Crippen LogP) is 4.68. The molecule has 0 saturated heterocycles. The number of fused-ring (bicyclic) bond motifs is 1. The molecule has 10 heteroatoms. The summed E-state index contributed by atoms with van der Waals surface area (Å²) in [7, 11) is 1.51. The van der Waals surface area contributed by atoms with Gasteiger partial charge in [-0.3, -0.25) is 4.79 Å². The number of nitriles is 1. The molecule has 164 valence electrons. The quantitative estimate of drug-likeness (QED) is 0.614. The molecule has 2 heterocycles. The number of aromatic nitrogens is 2. The molecular formula is C22H18F3N5O2. The number of rotatable bonds is 4. The van der Waals surface area contributed by atoms with Crippen LogP contribution in [0.15, 0.2) is 54.6 Å². The van der Waals surface area contributed by atoms with Gasteiger partial charge in [0.25, 0.3) is 5.91 Å². The smallest absolute Gasteiger partial charge is 0.410 e. The number of amides is 1. The summed E-state index contributed by atoms with van der Waals surface area (Å²) >= 11 is 0. The zero-order valence-electron chi connectivity index (χ0n) is 16.8. The van der Waals surface area contributed by atoms with Crippen molar-refractivity contribution < 1.29 is 22.7 Å². The average Bonchev–Trinajstić information content (AvgIpc) is 3.22. The summed E-state index contributed by atoms with van der Waals surface area (Å²) in [5.41, 5.74) is 1.33. The second-order valence-electron chi connectivity index (χ2n) is 7.27. The topological polar surface area (TPSA) is 92.0 Å². The summed E-state index contributed by atoms with van der Waals surface area (Å²) < 4.78 is 47.4. The SMILES string of the molecule is COc1ccc([C@@H]2C[C@@H](C(F)(F)F)n3nc(C(=O)Nc4ccc(C#N)cc4)cc3N2)cc1. The van der Waals surface area contributed by atoms with Crippen molar-refractivity contribution in [2.75, 3.05) is 17.7 Å². The first-order chi connectivity index (χ1) is 15.3. The number of hydrogen-bond acceptors (Lipinski definition) is 5. The summed E-state index contributed by atoms with van der Waals surface area (Å²) in [6.45, 7) is 0. The third-order valence-electron chi connectivity index (χ3n) is 5.21.